The highest BCUT2D eigenvalue weighted by atomic mass is 16.2. The lowest BCUT2D eigenvalue weighted by atomic mass is 10.0. The lowest BCUT2D eigenvalue weighted by Gasteiger charge is -2.31. The summed E-state index contributed by atoms with van der Waals surface area (Å²) in [7, 11) is 0. The molecule has 0 saturated carbocycles. The van der Waals surface area contributed by atoms with Gasteiger partial charge in [0.2, 0.25) is 5.91 Å². The van der Waals surface area contributed by atoms with Crippen LogP contribution in [0.2, 0.25) is 0 Å². The number of nitrogens with zero attached hydrogens (tertiary/aromatic N) is 2. The van der Waals surface area contributed by atoms with Gasteiger partial charge in [-0.05, 0) is 37.0 Å². The third kappa shape index (κ3) is 3.72. The molecule has 4 heteroatoms. The molecular weight excluding hydrogens is 238 g/mol. The fraction of sp³-hybridized carbons (Fsp3) is 0.467. The molecule has 19 heavy (non-hydrogen) atoms. The lowest BCUT2D eigenvalue weighted by molar-refractivity contribution is -0.130. The van der Waals surface area contributed by atoms with Crippen molar-refractivity contribution in [1.82, 2.24) is 4.90 Å². The monoisotopic (exact) mass is 257 g/mol. The number of rotatable bonds is 3. The summed E-state index contributed by atoms with van der Waals surface area (Å²) < 4.78 is 0. The Labute approximate surface area is 114 Å². The Morgan fingerprint density at radius 1 is 1.58 bits per heavy atom. The number of anilines is 1. The predicted molar refractivity (Wildman–Crippen MR) is 74.6 cm³/mol. The van der Waals surface area contributed by atoms with E-state index in [0.717, 1.165) is 25.2 Å². The molecule has 0 aliphatic carbocycles. The number of piperidine rings is 1. The SMILES string of the molecule is CC1CCCN(C(=O)CNc2cccc(C#N)c2)C1. The van der Waals surface area contributed by atoms with Crippen molar-refractivity contribution in [1.29, 1.82) is 5.26 Å². The molecule has 1 aliphatic rings. The third-order valence-corrected chi connectivity index (χ3v) is 3.45. The van der Waals surface area contributed by atoms with Crippen LogP contribution in [-0.4, -0.2) is 30.4 Å². The number of benzene rings is 1. The summed E-state index contributed by atoms with van der Waals surface area (Å²) in [6.07, 6.45) is 2.30. The van der Waals surface area contributed by atoms with E-state index < -0.39 is 0 Å². The minimum Gasteiger partial charge on any atom is -0.376 e. The van der Waals surface area contributed by atoms with Gasteiger partial charge >= 0.3 is 0 Å². The van der Waals surface area contributed by atoms with E-state index >= 15 is 0 Å². The van der Waals surface area contributed by atoms with Gasteiger partial charge in [-0.25, -0.2) is 0 Å². The average Bonchev–Trinajstić information content (AvgIpc) is 2.45. The number of nitrogens with one attached hydrogen (secondary N) is 1. The van der Waals surface area contributed by atoms with Crippen molar-refractivity contribution in [2.75, 3.05) is 25.0 Å². The highest BCUT2D eigenvalue weighted by molar-refractivity contribution is 5.81. The largest absolute Gasteiger partial charge is 0.376 e. The Morgan fingerprint density at radius 3 is 3.16 bits per heavy atom. The maximum atomic E-state index is 12.1. The molecular formula is C15H19N3O. The summed E-state index contributed by atoms with van der Waals surface area (Å²) in [4.78, 5) is 14.0. The predicted octanol–water partition coefficient (Wildman–Crippen LogP) is 2.23. The van der Waals surface area contributed by atoms with Crippen LogP contribution >= 0.6 is 0 Å². The smallest absolute Gasteiger partial charge is 0.241 e. The van der Waals surface area contributed by atoms with Crippen LogP contribution in [0.1, 0.15) is 25.3 Å². The van der Waals surface area contributed by atoms with Crippen molar-refractivity contribution in [2.24, 2.45) is 5.92 Å². The summed E-state index contributed by atoms with van der Waals surface area (Å²) in [5.74, 6) is 0.730. The first-order valence-corrected chi connectivity index (χ1v) is 6.71. The Kier molecular flexibility index (Phi) is 4.40. The lowest BCUT2D eigenvalue weighted by Crippen LogP contribution is -2.41. The maximum absolute atomic E-state index is 12.1. The third-order valence-electron chi connectivity index (χ3n) is 3.45. The molecule has 1 atom stereocenters. The molecule has 1 aromatic rings. The molecule has 2 rings (SSSR count). The average molecular weight is 257 g/mol. The van der Waals surface area contributed by atoms with Gasteiger partial charge < -0.3 is 10.2 Å². The van der Waals surface area contributed by atoms with Crippen molar-refractivity contribution in [2.45, 2.75) is 19.8 Å². The quantitative estimate of drug-likeness (QED) is 0.903. The Hall–Kier alpha value is -2.02. The van der Waals surface area contributed by atoms with Crippen LogP contribution in [-0.2, 0) is 4.79 Å². The van der Waals surface area contributed by atoms with Gasteiger partial charge in [-0.1, -0.05) is 13.0 Å². The molecule has 100 valence electrons. The molecule has 4 nitrogen and oxygen atoms in total. The van der Waals surface area contributed by atoms with Crippen LogP contribution in [0, 0.1) is 17.2 Å². The van der Waals surface area contributed by atoms with Crippen molar-refractivity contribution in [3.8, 4) is 6.07 Å². The maximum Gasteiger partial charge on any atom is 0.241 e. The molecule has 1 heterocycles. The van der Waals surface area contributed by atoms with E-state index in [4.69, 9.17) is 5.26 Å². The summed E-state index contributed by atoms with van der Waals surface area (Å²) in [5, 5.41) is 11.9. The zero-order chi connectivity index (χ0) is 13.7. The number of likely N-dealkylation sites (tertiary alicyclic amines) is 1. The van der Waals surface area contributed by atoms with Gasteiger partial charge in [0.15, 0.2) is 0 Å². The molecule has 1 N–H and O–H groups in total. The summed E-state index contributed by atoms with van der Waals surface area (Å²) in [6.45, 7) is 4.20. The second kappa shape index (κ2) is 6.24. The number of carbonyl (C=O) groups excluding carboxylic acids is 1. The van der Waals surface area contributed by atoms with Crippen LogP contribution in [0.4, 0.5) is 5.69 Å². The molecule has 1 unspecified atom stereocenters. The fourth-order valence-electron chi connectivity index (χ4n) is 2.40. The van der Waals surface area contributed by atoms with E-state index in [2.05, 4.69) is 18.3 Å². The molecule has 1 amide bonds. The minimum absolute atomic E-state index is 0.133. The summed E-state index contributed by atoms with van der Waals surface area (Å²) in [5.41, 5.74) is 1.42. The molecule has 0 radical (unpaired) electrons. The Bertz CT molecular complexity index is 492. The Morgan fingerprint density at radius 2 is 2.42 bits per heavy atom. The summed E-state index contributed by atoms with van der Waals surface area (Å²) in [6, 6.07) is 9.28. The topological polar surface area (TPSA) is 56.1 Å². The van der Waals surface area contributed by atoms with Crippen LogP contribution in [0.15, 0.2) is 24.3 Å². The van der Waals surface area contributed by atoms with Gasteiger partial charge in [-0.3, -0.25) is 4.79 Å². The van der Waals surface area contributed by atoms with E-state index in [1.54, 1.807) is 12.1 Å². The number of hydrogen-bond donors (Lipinski definition) is 1. The van der Waals surface area contributed by atoms with Gasteiger partial charge in [0.05, 0.1) is 18.2 Å². The first kappa shape index (κ1) is 13.4. The highest BCUT2D eigenvalue weighted by Crippen LogP contribution is 2.16. The molecule has 1 aliphatic heterocycles. The van der Waals surface area contributed by atoms with Crippen molar-refractivity contribution in [3.63, 3.8) is 0 Å². The molecule has 0 bridgehead atoms. The van der Waals surface area contributed by atoms with Gasteiger partial charge in [-0.15, -0.1) is 0 Å². The van der Waals surface area contributed by atoms with Gasteiger partial charge in [0, 0.05) is 18.8 Å². The first-order chi connectivity index (χ1) is 9.19. The normalized spacial score (nSPS) is 18.7. The second-order valence-electron chi connectivity index (χ2n) is 5.13. The Balaban J connectivity index is 1.87. The molecule has 0 aromatic heterocycles. The molecule has 0 spiro atoms. The van der Waals surface area contributed by atoms with E-state index in [9.17, 15) is 4.79 Å². The highest BCUT2D eigenvalue weighted by Gasteiger charge is 2.20. The van der Waals surface area contributed by atoms with Crippen LogP contribution in [0.5, 0.6) is 0 Å². The number of carbonyl (C=O) groups is 1. The van der Waals surface area contributed by atoms with E-state index in [1.807, 2.05) is 17.0 Å². The zero-order valence-electron chi connectivity index (χ0n) is 11.2. The standard InChI is InChI=1S/C15H19N3O/c1-12-4-3-7-18(11-12)15(19)10-17-14-6-2-5-13(8-14)9-16/h2,5-6,8,12,17H,3-4,7,10-11H2,1H3. The summed E-state index contributed by atoms with van der Waals surface area (Å²) >= 11 is 0. The molecule has 1 aromatic carbocycles. The first-order valence-electron chi connectivity index (χ1n) is 6.71. The van der Waals surface area contributed by atoms with Gasteiger partial charge in [0.25, 0.3) is 0 Å². The fourth-order valence-corrected chi connectivity index (χ4v) is 2.40. The van der Waals surface area contributed by atoms with Crippen molar-refractivity contribution in [3.05, 3.63) is 29.8 Å². The number of amides is 1. The van der Waals surface area contributed by atoms with E-state index in [0.29, 0.717) is 18.0 Å². The van der Waals surface area contributed by atoms with Gasteiger partial charge in [-0.2, -0.15) is 5.26 Å². The van der Waals surface area contributed by atoms with E-state index in [1.165, 1.54) is 6.42 Å². The van der Waals surface area contributed by atoms with Crippen molar-refractivity contribution < 1.29 is 4.79 Å². The number of hydrogen-bond acceptors (Lipinski definition) is 3. The van der Waals surface area contributed by atoms with E-state index in [-0.39, 0.29) is 5.91 Å². The van der Waals surface area contributed by atoms with Gasteiger partial charge in [0.1, 0.15) is 0 Å². The molecule has 1 fully saturated rings. The minimum atomic E-state index is 0.133. The zero-order valence-corrected chi connectivity index (χ0v) is 11.2. The van der Waals surface area contributed by atoms with Crippen LogP contribution in [0.25, 0.3) is 0 Å². The second-order valence-corrected chi connectivity index (χ2v) is 5.13. The van der Waals surface area contributed by atoms with Crippen molar-refractivity contribution >= 4 is 11.6 Å². The number of nitriles is 1. The van der Waals surface area contributed by atoms with Crippen LogP contribution in [0.3, 0.4) is 0 Å². The van der Waals surface area contributed by atoms with Crippen LogP contribution < -0.4 is 5.32 Å². The molecule has 1 saturated heterocycles.